The van der Waals surface area contributed by atoms with Crippen LogP contribution in [0.4, 0.5) is 4.39 Å². The maximum absolute atomic E-state index is 14.1. The van der Waals surface area contributed by atoms with Gasteiger partial charge < -0.3 is 9.42 Å². The highest BCUT2D eigenvalue weighted by Crippen LogP contribution is 2.36. The highest BCUT2D eigenvalue weighted by molar-refractivity contribution is 5.79. The van der Waals surface area contributed by atoms with Crippen molar-refractivity contribution in [2.45, 2.75) is 45.6 Å². The molecule has 0 saturated carbocycles. The molecule has 0 radical (unpaired) electrons. The highest BCUT2D eigenvalue weighted by atomic mass is 19.1. The number of halogens is 1. The van der Waals surface area contributed by atoms with Crippen molar-refractivity contribution in [2.75, 3.05) is 6.54 Å². The summed E-state index contributed by atoms with van der Waals surface area (Å²) in [6, 6.07) is 8.05. The van der Waals surface area contributed by atoms with Gasteiger partial charge in [-0.1, -0.05) is 23.4 Å². The zero-order valence-electron chi connectivity index (χ0n) is 16.6. The molecular formula is C22H23FN4O2. The molecule has 0 N–H and O–H groups in total. The van der Waals surface area contributed by atoms with Gasteiger partial charge in [0.15, 0.2) is 5.76 Å². The standard InChI is InChI=1S/C22H23FN4O2/c1-14-11-20(29-26-14)17-13-24-15(2)25-22(17)19-9-5-6-10-27(19)21(28)12-16-7-3-4-8-18(16)23/h3-4,7-8,11,13,19H,5-6,9-10,12H2,1-2H3/t19-/m0/s1. The summed E-state index contributed by atoms with van der Waals surface area (Å²) in [5.41, 5.74) is 2.68. The van der Waals surface area contributed by atoms with Crippen molar-refractivity contribution in [3.8, 4) is 11.3 Å². The van der Waals surface area contributed by atoms with Crippen molar-refractivity contribution in [3.05, 3.63) is 65.1 Å². The molecule has 1 aromatic carbocycles. The average Bonchev–Trinajstić information content (AvgIpc) is 3.15. The Hall–Kier alpha value is -3.09. The predicted molar refractivity (Wildman–Crippen MR) is 105 cm³/mol. The van der Waals surface area contributed by atoms with E-state index in [0.717, 1.165) is 36.2 Å². The molecule has 150 valence electrons. The molecule has 3 heterocycles. The Balaban J connectivity index is 1.68. The maximum atomic E-state index is 14.1. The molecule has 1 aliphatic rings. The highest BCUT2D eigenvalue weighted by Gasteiger charge is 2.32. The van der Waals surface area contributed by atoms with Gasteiger partial charge in [-0.2, -0.15) is 0 Å². The summed E-state index contributed by atoms with van der Waals surface area (Å²) in [5.74, 6) is 0.762. The van der Waals surface area contributed by atoms with Crippen LogP contribution in [0.25, 0.3) is 11.3 Å². The van der Waals surface area contributed by atoms with E-state index in [1.54, 1.807) is 24.4 Å². The third-order valence-corrected chi connectivity index (χ3v) is 5.27. The normalized spacial score (nSPS) is 16.8. The van der Waals surface area contributed by atoms with E-state index in [0.29, 0.717) is 23.7 Å². The zero-order valence-corrected chi connectivity index (χ0v) is 16.6. The third kappa shape index (κ3) is 4.04. The molecular weight excluding hydrogens is 371 g/mol. The molecule has 29 heavy (non-hydrogen) atoms. The van der Waals surface area contributed by atoms with Crippen LogP contribution in [0.5, 0.6) is 0 Å². The Morgan fingerprint density at radius 3 is 2.86 bits per heavy atom. The van der Waals surface area contributed by atoms with Gasteiger partial charge >= 0.3 is 0 Å². The van der Waals surface area contributed by atoms with Crippen LogP contribution in [0.15, 0.2) is 41.1 Å². The van der Waals surface area contributed by atoms with Gasteiger partial charge in [0.1, 0.15) is 11.6 Å². The number of benzene rings is 1. The predicted octanol–water partition coefficient (Wildman–Crippen LogP) is 4.18. The summed E-state index contributed by atoms with van der Waals surface area (Å²) in [6.07, 6.45) is 4.46. The second-order valence-electron chi connectivity index (χ2n) is 7.42. The number of hydrogen-bond acceptors (Lipinski definition) is 5. The van der Waals surface area contributed by atoms with Crippen LogP contribution in [0.1, 0.15) is 48.1 Å². The van der Waals surface area contributed by atoms with Crippen LogP contribution in [0.3, 0.4) is 0 Å². The minimum atomic E-state index is -0.356. The quantitative estimate of drug-likeness (QED) is 0.664. The summed E-state index contributed by atoms with van der Waals surface area (Å²) in [6.45, 7) is 4.30. The minimum absolute atomic E-state index is 0.0317. The molecule has 6 nitrogen and oxygen atoms in total. The smallest absolute Gasteiger partial charge is 0.227 e. The Kier molecular flexibility index (Phi) is 5.38. The summed E-state index contributed by atoms with van der Waals surface area (Å²) in [4.78, 5) is 23.9. The fraction of sp³-hybridized carbons (Fsp3) is 0.364. The van der Waals surface area contributed by atoms with Gasteiger partial charge in [0.2, 0.25) is 5.91 Å². The second kappa shape index (κ2) is 8.11. The molecule has 1 amide bonds. The Morgan fingerprint density at radius 2 is 2.10 bits per heavy atom. The summed E-state index contributed by atoms with van der Waals surface area (Å²) in [7, 11) is 0. The van der Waals surface area contributed by atoms with Gasteiger partial charge in [0.25, 0.3) is 0 Å². The summed E-state index contributed by atoms with van der Waals surface area (Å²) < 4.78 is 19.5. The monoisotopic (exact) mass is 394 g/mol. The Morgan fingerprint density at radius 1 is 1.28 bits per heavy atom. The van der Waals surface area contributed by atoms with Gasteiger partial charge in [0, 0.05) is 18.8 Å². The number of rotatable bonds is 4. The summed E-state index contributed by atoms with van der Waals surface area (Å²) in [5, 5.41) is 3.97. The molecule has 1 fully saturated rings. The lowest BCUT2D eigenvalue weighted by Crippen LogP contribution is -2.40. The van der Waals surface area contributed by atoms with E-state index in [2.05, 4.69) is 15.1 Å². The Bertz CT molecular complexity index is 1030. The third-order valence-electron chi connectivity index (χ3n) is 5.27. The average molecular weight is 394 g/mol. The van der Waals surface area contributed by atoms with Crippen LogP contribution >= 0.6 is 0 Å². The van der Waals surface area contributed by atoms with E-state index in [4.69, 9.17) is 4.52 Å². The molecule has 3 aromatic rings. The van der Waals surface area contributed by atoms with E-state index in [1.165, 1.54) is 6.07 Å². The molecule has 0 aliphatic carbocycles. The van der Waals surface area contributed by atoms with Gasteiger partial charge in [-0.15, -0.1) is 0 Å². The largest absolute Gasteiger partial charge is 0.356 e. The molecule has 7 heteroatoms. The number of aromatic nitrogens is 3. The lowest BCUT2D eigenvalue weighted by molar-refractivity contribution is -0.134. The number of nitrogens with zero attached hydrogens (tertiary/aromatic N) is 4. The van der Waals surface area contributed by atoms with Crippen molar-refractivity contribution in [1.82, 2.24) is 20.0 Å². The number of amides is 1. The van der Waals surface area contributed by atoms with Crippen molar-refractivity contribution in [3.63, 3.8) is 0 Å². The van der Waals surface area contributed by atoms with E-state index >= 15 is 0 Å². The first kappa shape index (κ1) is 19.2. The van der Waals surface area contributed by atoms with Crippen LogP contribution in [0, 0.1) is 19.7 Å². The van der Waals surface area contributed by atoms with E-state index < -0.39 is 0 Å². The number of hydrogen-bond donors (Lipinski definition) is 0. The van der Waals surface area contributed by atoms with Gasteiger partial charge in [-0.05, 0) is 44.7 Å². The topological polar surface area (TPSA) is 72.1 Å². The molecule has 0 spiro atoms. The fourth-order valence-electron chi connectivity index (χ4n) is 3.84. The van der Waals surface area contributed by atoms with E-state index in [-0.39, 0.29) is 24.2 Å². The lowest BCUT2D eigenvalue weighted by Gasteiger charge is -2.36. The molecule has 2 aromatic heterocycles. The number of piperidine rings is 1. The number of carbonyl (C=O) groups excluding carboxylic acids is 1. The van der Waals surface area contributed by atoms with Crippen LogP contribution in [0.2, 0.25) is 0 Å². The van der Waals surface area contributed by atoms with Crippen molar-refractivity contribution in [2.24, 2.45) is 0 Å². The first-order valence-electron chi connectivity index (χ1n) is 9.83. The lowest BCUT2D eigenvalue weighted by atomic mass is 9.94. The maximum Gasteiger partial charge on any atom is 0.227 e. The van der Waals surface area contributed by atoms with Crippen molar-refractivity contribution >= 4 is 5.91 Å². The van der Waals surface area contributed by atoms with Gasteiger partial charge in [0.05, 0.1) is 29.4 Å². The van der Waals surface area contributed by atoms with Gasteiger partial charge in [-0.25, -0.2) is 14.4 Å². The van der Waals surface area contributed by atoms with E-state index in [9.17, 15) is 9.18 Å². The van der Waals surface area contributed by atoms with Crippen LogP contribution in [-0.4, -0.2) is 32.5 Å². The molecule has 1 atom stereocenters. The van der Waals surface area contributed by atoms with E-state index in [1.807, 2.05) is 24.8 Å². The molecule has 0 unspecified atom stereocenters. The van der Waals surface area contributed by atoms with Crippen molar-refractivity contribution < 1.29 is 13.7 Å². The molecule has 1 aliphatic heterocycles. The van der Waals surface area contributed by atoms with Crippen LogP contribution < -0.4 is 0 Å². The fourth-order valence-corrected chi connectivity index (χ4v) is 3.84. The summed E-state index contributed by atoms with van der Waals surface area (Å²) >= 11 is 0. The Labute approximate surface area is 168 Å². The number of aryl methyl sites for hydroxylation is 2. The molecule has 4 rings (SSSR count). The molecule has 1 saturated heterocycles. The van der Waals surface area contributed by atoms with Gasteiger partial charge in [-0.3, -0.25) is 4.79 Å². The van der Waals surface area contributed by atoms with Crippen molar-refractivity contribution in [1.29, 1.82) is 0 Å². The molecule has 0 bridgehead atoms. The zero-order chi connectivity index (χ0) is 20.4. The minimum Gasteiger partial charge on any atom is -0.356 e. The number of carbonyl (C=O) groups is 1. The first-order chi connectivity index (χ1) is 14.0. The second-order valence-corrected chi connectivity index (χ2v) is 7.42. The number of likely N-dealkylation sites (tertiary alicyclic amines) is 1. The SMILES string of the molecule is Cc1cc(-c2cnc(C)nc2[C@@H]2CCCCN2C(=O)Cc2ccccc2F)on1. The first-order valence-corrected chi connectivity index (χ1v) is 9.83. The van der Waals surface area contributed by atoms with Crippen LogP contribution in [-0.2, 0) is 11.2 Å².